The maximum absolute atomic E-state index is 12.1. The number of imidazole rings is 1. The predicted molar refractivity (Wildman–Crippen MR) is 67.7 cm³/mol. The molecule has 0 atom stereocenters. The van der Waals surface area contributed by atoms with E-state index in [2.05, 4.69) is 11.6 Å². The van der Waals surface area contributed by atoms with Crippen LogP contribution >= 0.6 is 0 Å². The van der Waals surface area contributed by atoms with Gasteiger partial charge in [-0.3, -0.25) is 4.79 Å². The first kappa shape index (κ1) is 13.4. The molecule has 0 saturated heterocycles. The van der Waals surface area contributed by atoms with Gasteiger partial charge in [-0.05, 0) is 6.42 Å². The summed E-state index contributed by atoms with van der Waals surface area (Å²) in [6.07, 6.45) is 6.02. The van der Waals surface area contributed by atoms with Crippen molar-refractivity contribution in [1.29, 1.82) is 0 Å². The molecule has 17 heavy (non-hydrogen) atoms. The highest BCUT2D eigenvalue weighted by molar-refractivity contribution is 5.92. The summed E-state index contributed by atoms with van der Waals surface area (Å²) in [6, 6.07) is 0. The number of rotatable bonds is 7. The number of aromatic nitrogens is 2. The zero-order chi connectivity index (χ0) is 12.7. The molecular weight excluding hydrogens is 216 g/mol. The minimum atomic E-state index is -0.0532. The van der Waals surface area contributed by atoms with E-state index in [0.29, 0.717) is 31.9 Å². The van der Waals surface area contributed by atoms with Crippen LogP contribution < -0.4 is 5.73 Å². The Balaban J connectivity index is 2.73. The lowest BCUT2D eigenvalue weighted by Crippen LogP contribution is -2.32. The van der Waals surface area contributed by atoms with E-state index in [1.165, 1.54) is 0 Å². The van der Waals surface area contributed by atoms with Gasteiger partial charge >= 0.3 is 0 Å². The highest BCUT2D eigenvalue weighted by atomic mass is 16.2. The molecule has 0 unspecified atom stereocenters. The molecule has 94 valence electrons. The van der Waals surface area contributed by atoms with Gasteiger partial charge in [0.15, 0.2) is 0 Å². The smallest absolute Gasteiger partial charge is 0.274 e. The summed E-state index contributed by atoms with van der Waals surface area (Å²) >= 11 is 0. The third-order valence-corrected chi connectivity index (χ3v) is 2.37. The van der Waals surface area contributed by atoms with Crippen LogP contribution in [0.2, 0.25) is 0 Å². The molecule has 0 aromatic carbocycles. The molecule has 0 spiro atoms. The average Bonchev–Trinajstić information content (AvgIpc) is 2.77. The summed E-state index contributed by atoms with van der Waals surface area (Å²) in [4.78, 5) is 18.0. The van der Waals surface area contributed by atoms with Crippen LogP contribution in [0, 0.1) is 0 Å². The van der Waals surface area contributed by atoms with E-state index in [1.807, 2.05) is 11.5 Å². The van der Waals surface area contributed by atoms with Gasteiger partial charge in [-0.1, -0.05) is 13.0 Å². The summed E-state index contributed by atoms with van der Waals surface area (Å²) in [5, 5.41) is 0. The Morgan fingerprint density at radius 2 is 2.47 bits per heavy atom. The standard InChI is InChI=1S/C12H20N4O/c1-3-6-16(7-4-2)12(17)11-9-15(8-5-13)10-14-11/h3,9-10H,1,4-8,13H2,2H3. The number of carbonyl (C=O) groups is 1. The minimum Gasteiger partial charge on any atom is -0.335 e. The minimum absolute atomic E-state index is 0.0532. The van der Waals surface area contributed by atoms with Crippen molar-refractivity contribution < 1.29 is 4.79 Å². The van der Waals surface area contributed by atoms with Crippen LogP contribution in [0.5, 0.6) is 0 Å². The average molecular weight is 236 g/mol. The van der Waals surface area contributed by atoms with Gasteiger partial charge in [-0.25, -0.2) is 4.98 Å². The maximum Gasteiger partial charge on any atom is 0.274 e. The van der Waals surface area contributed by atoms with Gasteiger partial charge in [0.2, 0.25) is 0 Å². The molecule has 0 aliphatic heterocycles. The van der Waals surface area contributed by atoms with Crippen LogP contribution in [-0.4, -0.2) is 40.0 Å². The second-order valence-electron chi connectivity index (χ2n) is 3.83. The van der Waals surface area contributed by atoms with Crippen LogP contribution in [0.3, 0.4) is 0 Å². The SMILES string of the molecule is C=CCN(CCC)C(=O)c1cn(CCN)cn1. The van der Waals surface area contributed by atoms with E-state index >= 15 is 0 Å². The summed E-state index contributed by atoms with van der Waals surface area (Å²) < 4.78 is 1.82. The van der Waals surface area contributed by atoms with Crippen molar-refractivity contribution in [2.75, 3.05) is 19.6 Å². The molecule has 0 saturated carbocycles. The van der Waals surface area contributed by atoms with Crippen molar-refractivity contribution in [2.24, 2.45) is 5.73 Å². The topological polar surface area (TPSA) is 64.2 Å². The van der Waals surface area contributed by atoms with E-state index in [9.17, 15) is 4.79 Å². The van der Waals surface area contributed by atoms with E-state index < -0.39 is 0 Å². The fraction of sp³-hybridized carbons (Fsp3) is 0.500. The highest BCUT2D eigenvalue weighted by Crippen LogP contribution is 2.03. The van der Waals surface area contributed by atoms with Gasteiger partial charge in [0, 0.05) is 32.4 Å². The quantitative estimate of drug-likeness (QED) is 0.715. The molecule has 0 bridgehead atoms. The lowest BCUT2D eigenvalue weighted by Gasteiger charge is -2.18. The highest BCUT2D eigenvalue weighted by Gasteiger charge is 2.16. The number of carbonyl (C=O) groups excluding carboxylic acids is 1. The molecule has 5 nitrogen and oxygen atoms in total. The lowest BCUT2D eigenvalue weighted by atomic mass is 10.3. The molecule has 0 aliphatic rings. The van der Waals surface area contributed by atoms with E-state index in [1.54, 1.807) is 23.5 Å². The molecule has 1 heterocycles. The van der Waals surface area contributed by atoms with Gasteiger partial charge in [0.1, 0.15) is 5.69 Å². The maximum atomic E-state index is 12.1. The second-order valence-corrected chi connectivity index (χ2v) is 3.83. The van der Waals surface area contributed by atoms with Crippen molar-refractivity contribution in [2.45, 2.75) is 19.9 Å². The van der Waals surface area contributed by atoms with Crippen LogP contribution in [0.1, 0.15) is 23.8 Å². The molecule has 1 aromatic heterocycles. The van der Waals surface area contributed by atoms with Crippen LogP contribution in [-0.2, 0) is 6.54 Å². The molecule has 2 N–H and O–H groups in total. The van der Waals surface area contributed by atoms with Gasteiger partial charge in [0.05, 0.1) is 6.33 Å². The Hall–Kier alpha value is -1.62. The van der Waals surface area contributed by atoms with Crippen molar-refractivity contribution in [3.63, 3.8) is 0 Å². The van der Waals surface area contributed by atoms with Crippen LogP contribution in [0.4, 0.5) is 0 Å². The van der Waals surface area contributed by atoms with Gasteiger partial charge in [-0.2, -0.15) is 0 Å². The first-order valence-corrected chi connectivity index (χ1v) is 5.85. The molecule has 1 rings (SSSR count). The van der Waals surface area contributed by atoms with Gasteiger partial charge in [0.25, 0.3) is 5.91 Å². The van der Waals surface area contributed by atoms with Crippen molar-refractivity contribution >= 4 is 5.91 Å². The fourth-order valence-electron chi connectivity index (χ4n) is 1.61. The molecule has 5 heteroatoms. The molecule has 1 amide bonds. The number of nitrogens with zero attached hydrogens (tertiary/aromatic N) is 3. The second kappa shape index (κ2) is 6.85. The molecule has 0 aliphatic carbocycles. The first-order chi connectivity index (χ1) is 8.22. The molecular formula is C12H20N4O. The zero-order valence-corrected chi connectivity index (χ0v) is 10.3. The van der Waals surface area contributed by atoms with Gasteiger partial charge < -0.3 is 15.2 Å². The summed E-state index contributed by atoms with van der Waals surface area (Å²) in [6.45, 7) is 8.18. The fourth-order valence-corrected chi connectivity index (χ4v) is 1.61. The van der Waals surface area contributed by atoms with Crippen molar-refractivity contribution in [1.82, 2.24) is 14.5 Å². The summed E-state index contributed by atoms with van der Waals surface area (Å²) in [5.74, 6) is -0.0532. The van der Waals surface area contributed by atoms with Crippen molar-refractivity contribution in [3.8, 4) is 0 Å². The Kier molecular flexibility index (Phi) is 5.42. The Labute approximate surface area is 102 Å². The number of hydrogen-bond donors (Lipinski definition) is 1. The van der Waals surface area contributed by atoms with E-state index in [-0.39, 0.29) is 5.91 Å². The predicted octanol–water partition coefficient (Wildman–Crippen LogP) is 0.880. The Bertz CT molecular complexity index is 372. The third kappa shape index (κ3) is 3.71. The molecule has 1 aromatic rings. The monoisotopic (exact) mass is 236 g/mol. The Morgan fingerprint density at radius 1 is 1.71 bits per heavy atom. The van der Waals surface area contributed by atoms with Crippen LogP contribution in [0.15, 0.2) is 25.2 Å². The number of amides is 1. The summed E-state index contributed by atoms with van der Waals surface area (Å²) in [7, 11) is 0. The molecule has 0 radical (unpaired) electrons. The third-order valence-electron chi connectivity index (χ3n) is 2.37. The molecule has 0 fully saturated rings. The van der Waals surface area contributed by atoms with E-state index in [4.69, 9.17) is 5.73 Å². The Morgan fingerprint density at radius 3 is 3.06 bits per heavy atom. The normalized spacial score (nSPS) is 10.2. The number of nitrogens with two attached hydrogens (primary N) is 1. The number of hydrogen-bond acceptors (Lipinski definition) is 3. The summed E-state index contributed by atoms with van der Waals surface area (Å²) in [5.41, 5.74) is 5.91. The van der Waals surface area contributed by atoms with Gasteiger partial charge in [-0.15, -0.1) is 6.58 Å². The van der Waals surface area contributed by atoms with E-state index in [0.717, 1.165) is 6.42 Å². The van der Waals surface area contributed by atoms with Crippen molar-refractivity contribution in [3.05, 3.63) is 30.9 Å². The first-order valence-electron chi connectivity index (χ1n) is 5.85. The zero-order valence-electron chi connectivity index (χ0n) is 10.3. The van der Waals surface area contributed by atoms with Crippen LogP contribution in [0.25, 0.3) is 0 Å². The lowest BCUT2D eigenvalue weighted by molar-refractivity contribution is 0.0768. The largest absolute Gasteiger partial charge is 0.335 e.